The number of piperidine rings is 1. The van der Waals surface area contributed by atoms with E-state index in [4.69, 9.17) is 5.73 Å². The van der Waals surface area contributed by atoms with Gasteiger partial charge in [-0.1, -0.05) is 18.2 Å². The number of halogens is 3. The fourth-order valence-electron chi connectivity index (χ4n) is 2.51. The molecule has 1 amide bonds. The molecular formula is C13H15F3N2O. The number of hydrogen-bond donors (Lipinski definition) is 2. The van der Waals surface area contributed by atoms with E-state index in [1.807, 2.05) is 0 Å². The van der Waals surface area contributed by atoms with Gasteiger partial charge in [0, 0.05) is 12.5 Å². The Bertz CT molecular complexity index is 479. The Kier molecular flexibility index (Phi) is 3.80. The Labute approximate surface area is 109 Å². The van der Waals surface area contributed by atoms with Gasteiger partial charge in [0.15, 0.2) is 0 Å². The summed E-state index contributed by atoms with van der Waals surface area (Å²) in [6.45, 7) is 0.395. The molecule has 0 aromatic heterocycles. The molecule has 19 heavy (non-hydrogen) atoms. The lowest BCUT2D eigenvalue weighted by atomic mass is 9.79. The van der Waals surface area contributed by atoms with Crippen molar-refractivity contribution < 1.29 is 18.0 Å². The third kappa shape index (κ3) is 2.58. The topological polar surface area (TPSA) is 55.1 Å². The lowest BCUT2D eigenvalue weighted by Crippen LogP contribution is -2.49. The number of rotatable bonds is 3. The molecule has 0 saturated carbocycles. The molecule has 0 aliphatic carbocycles. The van der Waals surface area contributed by atoms with Crippen LogP contribution in [0.15, 0.2) is 24.3 Å². The average Bonchev–Trinajstić information content (AvgIpc) is 2.39. The molecule has 6 heteroatoms. The first-order chi connectivity index (χ1) is 8.94. The Morgan fingerprint density at radius 2 is 2.05 bits per heavy atom. The van der Waals surface area contributed by atoms with E-state index in [0.717, 1.165) is 12.1 Å². The number of carbonyl (C=O) groups excluding carboxylic acids is 1. The first-order valence-electron chi connectivity index (χ1n) is 6.07. The zero-order chi connectivity index (χ0) is 14.0. The summed E-state index contributed by atoms with van der Waals surface area (Å²) in [4.78, 5) is 11.3. The molecular weight excluding hydrogens is 257 g/mol. The van der Waals surface area contributed by atoms with E-state index in [-0.39, 0.29) is 13.0 Å². The van der Waals surface area contributed by atoms with Crippen molar-refractivity contribution in [2.24, 2.45) is 17.6 Å². The van der Waals surface area contributed by atoms with Crippen LogP contribution in [0.3, 0.4) is 0 Å². The van der Waals surface area contributed by atoms with Crippen LogP contribution in [-0.2, 0) is 10.7 Å². The number of primary amides is 1. The highest BCUT2D eigenvalue weighted by Gasteiger charge is 2.49. The summed E-state index contributed by atoms with van der Waals surface area (Å²) < 4.78 is 42.4. The van der Waals surface area contributed by atoms with Gasteiger partial charge in [0.25, 0.3) is 5.92 Å². The number of hydrogen-bond acceptors (Lipinski definition) is 2. The van der Waals surface area contributed by atoms with Gasteiger partial charge < -0.3 is 11.1 Å². The molecule has 1 aliphatic rings. The molecule has 2 atom stereocenters. The van der Waals surface area contributed by atoms with Gasteiger partial charge in [-0.15, -0.1) is 0 Å². The van der Waals surface area contributed by atoms with Gasteiger partial charge in [-0.2, -0.15) is 0 Å². The molecule has 0 spiro atoms. The van der Waals surface area contributed by atoms with E-state index in [2.05, 4.69) is 5.32 Å². The lowest BCUT2D eigenvalue weighted by molar-refractivity contribution is -0.137. The van der Waals surface area contributed by atoms with Crippen LogP contribution in [0.2, 0.25) is 0 Å². The van der Waals surface area contributed by atoms with E-state index < -0.39 is 35.0 Å². The van der Waals surface area contributed by atoms with Crippen LogP contribution in [0.1, 0.15) is 12.0 Å². The number of amides is 1. The second-order valence-electron chi connectivity index (χ2n) is 4.71. The van der Waals surface area contributed by atoms with Crippen molar-refractivity contribution in [3.63, 3.8) is 0 Å². The number of benzene rings is 1. The number of carbonyl (C=O) groups is 1. The van der Waals surface area contributed by atoms with Crippen molar-refractivity contribution in [1.82, 2.24) is 5.32 Å². The fourth-order valence-corrected chi connectivity index (χ4v) is 2.51. The first-order valence-corrected chi connectivity index (χ1v) is 6.07. The van der Waals surface area contributed by atoms with Crippen LogP contribution in [0.5, 0.6) is 0 Å². The Morgan fingerprint density at radius 3 is 2.68 bits per heavy atom. The van der Waals surface area contributed by atoms with Gasteiger partial charge in [-0.25, -0.2) is 13.2 Å². The van der Waals surface area contributed by atoms with E-state index in [1.165, 1.54) is 12.1 Å². The summed E-state index contributed by atoms with van der Waals surface area (Å²) in [7, 11) is 0. The molecule has 2 rings (SSSR count). The van der Waals surface area contributed by atoms with Crippen molar-refractivity contribution in [2.45, 2.75) is 12.3 Å². The smallest absolute Gasteiger partial charge is 0.280 e. The number of alkyl halides is 2. The maximum atomic E-state index is 14.4. The van der Waals surface area contributed by atoms with Gasteiger partial charge in [-0.3, -0.25) is 4.79 Å². The Hall–Kier alpha value is -1.56. The van der Waals surface area contributed by atoms with Gasteiger partial charge in [0.05, 0.1) is 11.5 Å². The molecule has 0 bridgehead atoms. The van der Waals surface area contributed by atoms with Crippen molar-refractivity contribution in [3.8, 4) is 0 Å². The average molecular weight is 272 g/mol. The standard InChI is InChI=1S/C13H15F3N2O/c14-11-4-2-1-3-9(11)13(15,16)10-7-18-6-5-8(10)12(17)19/h1-4,8,10,18H,5-7H2,(H2,17,19). The predicted octanol–water partition coefficient (Wildman–Crippen LogP) is 1.63. The first kappa shape index (κ1) is 13.9. The minimum absolute atomic E-state index is 0.0606. The van der Waals surface area contributed by atoms with E-state index in [0.29, 0.717) is 6.54 Å². The number of nitrogens with two attached hydrogens (primary N) is 1. The second-order valence-corrected chi connectivity index (χ2v) is 4.71. The van der Waals surface area contributed by atoms with Crippen molar-refractivity contribution in [3.05, 3.63) is 35.6 Å². The SMILES string of the molecule is NC(=O)C1CCNCC1C(F)(F)c1ccccc1F. The zero-order valence-corrected chi connectivity index (χ0v) is 10.2. The molecule has 1 saturated heterocycles. The van der Waals surface area contributed by atoms with Crippen LogP contribution < -0.4 is 11.1 Å². The highest BCUT2D eigenvalue weighted by molar-refractivity contribution is 5.77. The molecule has 1 aromatic rings. The summed E-state index contributed by atoms with van der Waals surface area (Å²) in [5.74, 6) is -7.44. The molecule has 1 heterocycles. The maximum Gasteiger partial charge on any atom is 0.280 e. The van der Waals surface area contributed by atoms with E-state index in [1.54, 1.807) is 0 Å². The molecule has 2 unspecified atom stereocenters. The van der Waals surface area contributed by atoms with Crippen LogP contribution in [0.25, 0.3) is 0 Å². The molecule has 1 fully saturated rings. The number of nitrogens with one attached hydrogen (secondary N) is 1. The summed E-state index contributed by atoms with van der Waals surface area (Å²) >= 11 is 0. The lowest BCUT2D eigenvalue weighted by Gasteiger charge is -2.35. The van der Waals surface area contributed by atoms with Gasteiger partial charge in [-0.05, 0) is 19.0 Å². The molecule has 1 aromatic carbocycles. The highest BCUT2D eigenvalue weighted by Crippen LogP contribution is 2.42. The molecule has 104 valence electrons. The highest BCUT2D eigenvalue weighted by atomic mass is 19.3. The van der Waals surface area contributed by atoms with E-state index >= 15 is 0 Å². The minimum atomic E-state index is -3.43. The summed E-state index contributed by atoms with van der Waals surface area (Å²) in [5.41, 5.74) is 4.49. The fraction of sp³-hybridized carbons (Fsp3) is 0.462. The van der Waals surface area contributed by atoms with E-state index in [9.17, 15) is 18.0 Å². The molecule has 3 nitrogen and oxygen atoms in total. The molecule has 3 N–H and O–H groups in total. The third-order valence-electron chi connectivity index (χ3n) is 3.55. The quantitative estimate of drug-likeness (QED) is 0.878. The summed E-state index contributed by atoms with van der Waals surface area (Å²) in [6, 6.07) is 4.72. The van der Waals surface area contributed by atoms with Crippen LogP contribution in [-0.4, -0.2) is 19.0 Å². The van der Waals surface area contributed by atoms with Crippen LogP contribution >= 0.6 is 0 Å². The van der Waals surface area contributed by atoms with Gasteiger partial charge in [0.1, 0.15) is 5.82 Å². The largest absolute Gasteiger partial charge is 0.369 e. The van der Waals surface area contributed by atoms with Crippen molar-refractivity contribution in [1.29, 1.82) is 0 Å². The monoisotopic (exact) mass is 272 g/mol. The second kappa shape index (κ2) is 5.21. The normalized spacial score (nSPS) is 24.2. The Balaban J connectivity index is 2.37. The van der Waals surface area contributed by atoms with Gasteiger partial charge in [0.2, 0.25) is 5.91 Å². The minimum Gasteiger partial charge on any atom is -0.369 e. The van der Waals surface area contributed by atoms with Crippen molar-refractivity contribution >= 4 is 5.91 Å². The summed E-state index contributed by atoms with van der Waals surface area (Å²) in [5, 5.41) is 2.80. The van der Waals surface area contributed by atoms with Crippen LogP contribution in [0, 0.1) is 17.7 Å². The Morgan fingerprint density at radius 1 is 1.37 bits per heavy atom. The molecule has 0 radical (unpaired) electrons. The van der Waals surface area contributed by atoms with Gasteiger partial charge >= 0.3 is 0 Å². The zero-order valence-electron chi connectivity index (χ0n) is 10.2. The third-order valence-corrected chi connectivity index (χ3v) is 3.55. The maximum absolute atomic E-state index is 14.4. The van der Waals surface area contributed by atoms with Crippen molar-refractivity contribution in [2.75, 3.05) is 13.1 Å². The predicted molar refractivity (Wildman–Crippen MR) is 64.0 cm³/mol. The summed E-state index contributed by atoms with van der Waals surface area (Å²) in [6.07, 6.45) is 0.240. The molecule has 1 aliphatic heterocycles. The van der Waals surface area contributed by atoms with Crippen LogP contribution in [0.4, 0.5) is 13.2 Å².